The molecule has 0 saturated carbocycles. The highest BCUT2D eigenvalue weighted by molar-refractivity contribution is 5.95. The molecule has 4 atom stereocenters. The minimum atomic E-state index is -1.17. The third-order valence-electron chi connectivity index (χ3n) is 6.40. The van der Waals surface area contributed by atoms with E-state index >= 15 is 0 Å². The second-order valence-corrected chi connectivity index (χ2v) is 10.5. The number of nitrogens with two attached hydrogens (primary N) is 8. The molecule has 20 nitrogen and oxygen atoms in total. The van der Waals surface area contributed by atoms with Crippen LogP contribution in [0.2, 0.25) is 0 Å². The molecule has 20 N–H and O–H groups in total. The molecule has 0 fully saturated rings. The van der Waals surface area contributed by atoms with Gasteiger partial charge in [-0.2, -0.15) is 0 Å². The molecule has 0 rings (SSSR count). The first-order valence-corrected chi connectivity index (χ1v) is 15.0. The first-order chi connectivity index (χ1) is 21.7. The van der Waals surface area contributed by atoms with Crippen LogP contribution in [0.15, 0.2) is 15.0 Å². The number of unbranched alkanes of at least 4 members (excludes halogenated alkanes) is 1. The highest BCUT2D eigenvalue weighted by Crippen LogP contribution is 2.07. The minimum Gasteiger partial charge on any atom is -0.370 e. The van der Waals surface area contributed by atoms with E-state index in [0.29, 0.717) is 25.8 Å². The van der Waals surface area contributed by atoms with Crippen molar-refractivity contribution in [1.29, 1.82) is 0 Å². The Labute approximate surface area is 268 Å². The van der Waals surface area contributed by atoms with Crippen LogP contribution in [0.25, 0.3) is 0 Å². The number of guanidine groups is 3. The first-order valence-electron chi connectivity index (χ1n) is 15.0. The Morgan fingerprint density at radius 3 is 1.13 bits per heavy atom. The van der Waals surface area contributed by atoms with Gasteiger partial charge in [-0.1, -0.05) is 0 Å². The molecule has 5 amide bonds. The average Bonchev–Trinajstić information content (AvgIpc) is 2.96. The van der Waals surface area contributed by atoms with Crippen molar-refractivity contribution in [2.75, 3.05) is 26.2 Å². The van der Waals surface area contributed by atoms with Crippen LogP contribution in [0.1, 0.15) is 64.7 Å². The van der Waals surface area contributed by atoms with Crippen molar-refractivity contribution >= 4 is 47.4 Å². The zero-order valence-electron chi connectivity index (χ0n) is 26.5. The number of aliphatic imine (C=N–C) groups is 3. The molecule has 46 heavy (non-hydrogen) atoms. The van der Waals surface area contributed by atoms with Crippen LogP contribution in [0.3, 0.4) is 0 Å². The summed E-state index contributed by atoms with van der Waals surface area (Å²) in [7, 11) is 0. The highest BCUT2D eigenvalue weighted by Gasteiger charge is 2.30. The molecule has 0 aliphatic carbocycles. The number of amides is 5. The van der Waals surface area contributed by atoms with Gasteiger partial charge in [0.15, 0.2) is 17.9 Å². The molecule has 0 aliphatic rings. The second kappa shape index (κ2) is 23.5. The predicted molar refractivity (Wildman–Crippen MR) is 175 cm³/mol. The van der Waals surface area contributed by atoms with Crippen molar-refractivity contribution in [3.05, 3.63) is 0 Å². The van der Waals surface area contributed by atoms with Crippen LogP contribution >= 0.6 is 0 Å². The van der Waals surface area contributed by atoms with Crippen LogP contribution in [-0.2, 0) is 24.0 Å². The van der Waals surface area contributed by atoms with Gasteiger partial charge in [0.1, 0.15) is 24.2 Å². The molecule has 262 valence electrons. The Morgan fingerprint density at radius 2 is 0.826 bits per heavy atom. The molecule has 0 unspecified atom stereocenters. The molecular weight excluding hydrogens is 602 g/mol. The van der Waals surface area contributed by atoms with Crippen LogP contribution in [-0.4, -0.2) is 97.8 Å². The lowest BCUT2D eigenvalue weighted by molar-refractivity contribution is -0.134. The summed E-state index contributed by atoms with van der Waals surface area (Å²) in [5, 5.41) is 10.4. The van der Waals surface area contributed by atoms with Gasteiger partial charge in [0, 0.05) is 26.6 Å². The van der Waals surface area contributed by atoms with Gasteiger partial charge in [0.2, 0.25) is 29.5 Å². The molecule has 0 saturated heterocycles. The SMILES string of the molecule is CC(=O)N[C@@H](CCCN=C(N)N)C(=O)N[C@H](CCCN=C(N)N)C(=O)N[C@@H](CCCN=C(N)N)C(=O)N[C@@H](CCCCN)C(N)=O. The van der Waals surface area contributed by atoms with Crippen molar-refractivity contribution in [3.8, 4) is 0 Å². The third-order valence-corrected chi connectivity index (χ3v) is 6.40. The van der Waals surface area contributed by atoms with E-state index in [1.165, 1.54) is 6.92 Å². The van der Waals surface area contributed by atoms with E-state index in [4.69, 9.17) is 45.9 Å². The molecule has 0 spiro atoms. The van der Waals surface area contributed by atoms with E-state index in [0.717, 1.165) is 0 Å². The van der Waals surface area contributed by atoms with Gasteiger partial charge in [-0.15, -0.1) is 0 Å². The number of carbonyl (C=O) groups is 5. The molecule has 0 aromatic heterocycles. The van der Waals surface area contributed by atoms with E-state index in [-0.39, 0.29) is 76.0 Å². The smallest absolute Gasteiger partial charge is 0.243 e. The lowest BCUT2D eigenvalue weighted by atomic mass is 10.0. The van der Waals surface area contributed by atoms with Gasteiger partial charge >= 0.3 is 0 Å². The van der Waals surface area contributed by atoms with E-state index in [2.05, 4.69) is 36.2 Å². The number of nitrogens with zero attached hydrogens (tertiary/aromatic N) is 3. The van der Waals surface area contributed by atoms with E-state index in [1.54, 1.807) is 0 Å². The summed E-state index contributed by atoms with van der Waals surface area (Å²) in [5.41, 5.74) is 43.3. The largest absolute Gasteiger partial charge is 0.370 e. The lowest BCUT2D eigenvalue weighted by Gasteiger charge is -2.26. The van der Waals surface area contributed by atoms with Crippen molar-refractivity contribution < 1.29 is 24.0 Å². The third kappa shape index (κ3) is 20.1. The summed E-state index contributed by atoms with van der Waals surface area (Å²) in [6.45, 7) is 2.17. The number of rotatable bonds is 24. The Hall–Kier alpha value is -4.88. The lowest BCUT2D eigenvalue weighted by Crippen LogP contribution is -2.58. The Balaban J connectivity index is 6.02. The maximum absolute atomic E-state index is 13.6. The van der Waals surface area contributed by atoms with Crippen LogP contribution in [0, 0.1) is 0 Å². The fraction of sp³-hybridized carbons (Fsp3) is 0.692. The number of hydrogen-bond acceptors (Lipinski definition) is 9. The minimum absolute atomic E-state index is 0.0699. The summed E-state index contributed by atoms with van der Waals surface area (Å²) in [4.78, 5) is 75.6. The molecule has 0 radical (unpaired) electrons. The zero-order chi connectivity index (χ0) is 35.1. The van der Waals surface area contributed by atoms with Gasteiger partial charge in [0.05, 0.1) is 0 Å². The van der Waals surface area contributed by atoms with Crippen molar-refractivity contribution in [1.82, 2.24) is 21.3 Å². The van der Waals surface area contributed by atoms with E-state index in [1.807, 2.05) is 0 Å². The number of hydrogen-bond donors (Lipinski definition) is 12. The second-order valence-electron chi connectivity index (χ2n) is 10.5. The number of carbonyl (C=O) groups excluding carboxylic acids is 5. The molecule has 0 bridgehead atoms. The van der Waals surface area contributed by atoms with E-state index < -0.39 is 53.7 Å². The summed E-state index contributed by atoms with van der Waals surface area (Å²) in [6.07, 6.45) is 2.64. The zero-order valence-corrected chi connectivity index (χ0v) is 26.5. The molecular formula is C26H53N15O5. The standard InChI is InChI=1S/C26H53N15O5/c1-15(42)38-17(8-4-12-35-24(29)30)21(44)40-19(10-6-14-37-26(33)34)23(46)41-18(9-5-13-36-25(31)32)22(45)39-16(20(28)43)7-2-3-11-27/h16-19H,2-14,27H2,1H3,(H2,28,43)(H,38,42)(H,39,45)(H,40,44)(H,41,46)(H4,29,30,35)(H4,31,32,36)(H4,33,34,37)/t16-,17-,18-,19+/m0/s1. The van der Waals surface area contributed by atoms with Crippen LogP contribution in [0.5, 0.6) is 0 Å². The molecule has 0 aromatic carbocycles. The fourth-order valence-electron chi connectivity index (χ4n) is 4.16. The normalized spacial score (nSPS) is 13.1. The van der Waals surface area contributed by atoms with Crippen LogP contribution < -0.4 is 67.1 Å². The maximum atomic E-state index is 13.6. The molecule has 0 heterocycles. The number of nitrogens with one attached hydrogen (secondary N) is 4. The van der Waals surface area contributed by atoms with Gasteiger partial charge in [-0.3, -0.25) is 38.9 Å². The number of primary amides is 1. The molecule has 0 aromatic rings. The highest BCUT2D eigenvalue weighted by atomic mass is 16.2. The van der Waals surface area contributed by atoms with Gasteiger partial charge in [-0.05, 0) is 64.3 Å². The van der Waals surface area contributed by atoms with Gasteiger partial charge < -0.3 is 67.1 Å². The summed E-state index contributed by atoms with van der Waals surface area (Å²) in [5.74, 6) is -3.65. The Kier molecular flexibility index (Phi) is 21.0. The van der Waals surface area contributed by atoms with Crippen LogP contribution in [0.4, 0.5) is 0 Å². The van der Waals surface area contributed by atoms with Gasteiger partial charge in [0.25, 0.3) is 0 Å². The maximum Gasteiger partial charge on any atom is 0.243 e. The monoisotopic (exact) mass is 655 g/mol. The molecule has 20 heteroatoms. The predicted octanol–water partition coefficient (Wildman–Crippen LogP) is -5.28. The topological polar surface area (TPSA) is 379 Å². The molecule has 0 aliphatic heterocycles. The summed E-state index contributed by atoms with van der Waals surface area (Å²) < 4.78 is 0. The fourth-order valence-corrected chi connectivity index (χ4v) is 4.16. The van der Waals surface area contributed by atoms with E-state index in [9.17, 15) is 24.0 Å². The Bertz CT molecular complexity index is 1070. The summed E-state index contributed by atoms with van der Waals surface area (Å²) >= 11 is 0. The quantitative estimate of drug-likeness (QED) is 0.0263. The Morgan fingerprint density at radius 1 is 0.500 bits per heavy atom. The van der Waals surface area contributed by atoms with Gasteiger partial charge in [-0.25, -0.2) is 0 Å². The van der Waals surface area contributed by atoms with Crippen molar-refractivity contribution in [2.24, 2.45) is 60.8 Å². The first kappa shape index (κ1) is 41.1. The van der Waals surface area contributed by atoms with Crippen molar-refractivity contribution in [3.63, 3.8) is 0 Å². The summed E-state index contributed by atoms with van der Waals surface area (Å²) in [6, 6.07) is -4.33. The average molecular weight is 656 g/mol. The van der Waals surface area contributed by atoms with Crippen molar-refractivity contribution in [2.45, 2.75) is 88.9 Å².